The lowest BCUT2D eigenvalue weighted by molar-refractivity contribution is 0.436. The van der Waals surface area contributed by atoms with Crippen molar-refractivity contribution in [1.29, 1.82) is 0 Å². The second-order valence-corrected chi connectivity index (χ2v) is 9.56. The van der Waals surface area contributed by atoms with Gasteiger partial charge in [0, 0.05) is 29.5 Å². The average Bonchev–Trinajstić information content (AvgIpc) is 2.69. The zero-order valence-corrected chi connectivity index (χ0v) is 15.8. The summed E-state index contributed by atoms with van der Waals surface area (Å²) in [5.74, 6) is 0.446. The number of hydrogen-bond acceptors (Lipinski definition) is 3. The van der Waals surface area contributed by atoms with Gasteiger partial charge >= 0.3 is 0 Å². The molecule has 2 aromatic rings. The number of hydrazone groups is 1. The number of benzene rings is 2. The third-order valence-electron chi connectivity index (χ3n) is 5.06. The maximum atomic E-state index is 14.2. The lowest BCUT2D eigenvalue weighted by atomic mass is 9.86. The van der Waals surface area contributed by atoms with Gasteiger partial charge in [-0.05, 0) is 18.8 Å². The van der Waals surface area contributed by atoms with Crippen LogP contribution in [0.25, 0.3) is 0 Å². The van der Waals surface area contributed by atoms with Crippen molar-refractivity contribution in [3.05, 3.63) is 60.7 Å². The van der Waals surface area contributed by atoms with Crippen molar-refractivity contribution in [1.82, 2.24) is 5.43 Å². The van der Waals surface area contributed by atoms with Crippen LogP contribution in [-0.2, 0) is 4.57 Å². The first kappa shape index (κ1) is 17.9. The van der Waals surface area contributed by atoms with Crippen LogP contribution in [0.3, 0.4) is 0 Å². The number of nitrogens with one attached hydrogen (secondary N) is 1. The van der Waals surface area contributed by atoms with E-state index in [-0.39, 0.29) is 0 Å². The first-order valence-electron chi connectivity index (χ1n) is 9.17. The Morgan fingerprint density at radius 1 is 0.960 bits per heavy atom. The average molecular weight is 354 g/mol. The highest BCUT2D eigenvalue weighted by molar-refractivity contribution is 7.79. The smallest absolute Gasteiger partial charge is 0.148 e. The maximum absolute atomic E-state index is 14.2. The first-order valence-corrected chi connectivity index (χ1v) is 11.1. The van der Waals surface area contributed by atoms with E-state index < -0.39 is 7.14 Å². The van der Waals surface area contributed by atoms with Gasteiger partial charge in [-0.3, -0.25) is 0 Å². The van der Waals surface area contributed by atoms with E-state index in [1.54, 1.807) is 0 Å². The van der Waals surface area contributed by atoms with Gasteiger partial charge in [0.15, 0.2) is 0 Å². The van der Waals surface area contributed by atoms with E-state index in [0.717, 1.165) is 29.2 Å². The van der Waals surface area contributed by atoms with Crippen LogP contribution in [0.1, 0.15) is 32.1 Å². The molecule has 3 rings (SSSR count). The molecular weight excluding hydrogens is 327 g/mol. The third-order valence-corrected chi connectivity index (χ3v) is 8.10. The Hall–Kier alpha value is -1.86. The second-order valence-electron chi connectivity index (χ2n) is 6.73. The molecule has 0 aromatic heterocycles. The summed E-state index contributed by atoms with van der Waals surface area (Å²) >= 11 is 0. The molecule has 2 aromatic carbocycles. The fraction of sp³-hybridized carbons (Fsp3) is 0.381. The molecule has 1 saturated carbocycles. The van der Waals surface area contributed by atoms with E-state index in [1.165, 1.54) is 19.3 Å². The fourth-order valence-electron chi connectivity index (χ4n) is 3.73. The zero-order chi connectivity index (χ0) is 17.5. The Morgan fingerprint density at radius 2 is 1.48 bits per heavy atom. The Balaban J connectivity index is 2.00. The monoisotopic (exact) mass is 354 g/mol. The van der Waals surface area contributed by atoms with Gasteiger partial charge in [0.2, 0.25) is 0 Å². The summed E-state index contributed by atoms with van der Waals surface area (Å²) in [5.41, 5.74) is 4.03. The van der Waals surface area contributed by atoms with Crippen LogP contribution in [0.5, 0.6) is 0 Å². The molecule has 1 fully saturated rings. The van der Waals surface area contributed by atoms with Gasteiger partial charge in [-0.15, -0.1) is 0 Å². The minimum absolute atomic E-state index is 0.446. The standard InChI is InChI=1S/C21H27N2OP/c1-22-23-21(18-11-5-2-6-12-18)17-25(24,19-13-7-3-8-14-19)20-15-9-4-10-16-20/h3-4,7-10,13-16,18,22H,2,5-6,11-12,17H2,1H3/b23-21-. The van der Waals surface area contributed by atoms with Crippen molar-refractivity contribution in [2.24, 2.45) is 11.0 Å². The largest absolute Gasteiger partial charge is 0.313 e. The van der Waals surface area contributed by atoms with E-state index in [2.05, 4.69) is 10.5 Å². The number of hydrogen-bond donors (Lipinski definition) is 1. The molecule has 0 bridgehead atoms. The minimum Gasteiger partial charge on any atom is -0.313 e. The molecule has 0 amide bonds. The van der Waals surface area contributed by atoms with Crippen molar-refractivity contribution in [3.63, 3.8) is 0 Å². The summed E-state index contributed by atoms with van der Waals surface area (Å²) in [4.78, 5) is 0. The fourth-order valence-corrected chi connectivity index (χ4v) is 6.49. The van der Waals surface area contributed by atoms with E-state index in [4.69, 9.17) is 0 Å². The molecule has 0 radical (unpaired) electrons. The number of rotatable bonds is 6. The molecule has 132 valence electrons. The zero-order valence-electron chi connectivity index (χ0n) is 14.9. The molecule has 1 aliphatic carbocycles. The topological polar surface area (TPSA) is 41.5 Å². The molecule has 1 aliphatic rings. The lowest BCUT2D eigenvalue weighted by Crippen LogP contribution is -2.29. The van der Waals surface area contributed by atoms with Crippen LogP contribution >= 0.6 is 7.14 Å². The summed E-state index contributed by atoms with van der Waals surface area (Å²) in [6, 6.07) is 19.8. The predicted octanol–water partition coefficient (Wildman–Crippen LogP) is 4.16. The van der Waals surface area contributed by atoms with Gasteiger partial charge in [0.05, 0.1) is 0 Å². The van der Waals surface area contributed by atoms with Crippen LogP contribution in [0, 0.1) is 5.92 Å². The van der Waals surface area contributed by atoms with Crippen molar-refractivity contribution in [2.75, 3.05) is 13.2 Å². The van der Waals surface area contributed by atoms with Crippen molar-refractivity contribution >= 4 is 23.5 Å². The van der Waals surface area contributed by atoms with E-state index in [1.807, 2.05) is 67.7 Å². The molecule has 0 aliphatic heterocycles. The quantitative estimate of drug-likeness (QED) is 0.481. The van der Waals surface area contributed by atoms with Crippen molar-refractivity contribution in [3.8, 4) is 0 Å². The maximum Gasteiger partial charge on any atom is 0.148 e. The molecule has 0 heterocycles. The molecule has 1 N–H and O–H groups in total. The van der Waals surface area contributed by atoms with Crippen molar-refractivity contribution < 1.29 is 4.57 Å². The van der Waals surface area contributed by atoms with E-state index >= 15 is 0 Å². The third kappa shape index (κ3) is 4.22. The van der Waals surface area contributed by atoms with Gasteiger partial charge in [0.1, 0.15) is 7.14 Å². The summed E-state index contributed by atoms with van der Waals surface area (Å²) in [5, 5.41) is 6.41. The van der Waals surface area contributed by atoms with Crippen molar-refractivity contribution in [2.45, 2.75) is 32.1 Å². The lowest BCUT2D eigenvalue weighted by Gasteiger charge is -2.27. The normalized spacial score (nSPS) is 16.6. The van der Waals surface area contributed by atoms with Crippen LogP contribution in [0.15, 0.2) is 65.8 Å². The Bertz CT molecular complexity index is 694. The van der Waals surface area contributed by atoms with Gasteiger partial charge in [-0.1, -0.05) is 79.9 Å². The van der Waals surface area contributed by atoms with E-state index in [0.29, 0.717) is 12.1 Å². The van der Waals surface area contributed by atoms with Gasteiger partial charge in [-0.2, -0.15) is 5.10 Å². The van der Waals surface area contributed by atoms with Crippen LogP contribution in [-0.4, -0.2) is 18.9 Å². The molecule has 0 unspecified atom stereocenters. The van der Waals surface area contributed by atoms with E-state index in [9.17, 15) is 4.57 Å². The minimum atomic E-state index is -2.75. The Morgan fingerprint density at radius 3 is 1.96 bits per heavy atom. The molecule has 3 nitrogen and oxygen atoms in total. The van der Waals surface area contributed by atoms with Gasteiger partial charge in [0.25, 0.3) is 0 Å². The highest BCUT2D eigenvalue weighted by atomic mass is 31.2. The summed E-state index contributed by atoms with van der Waals surface area (Å²) in [7, 11) is -0.915. The van der Waals surface area contributed by atoms with Gasteiger partial charge < -0.3 is 9.99 Å². The number of nitrogens with zero attached hydrogens (tertiary/aromatic N) is 1. The summed E-state index contributed by atoms with van der Waals surface area (Å²) < 4.78 is 14.2. The Kier molecular flexibility index (Phi) is 6.09. The first-order chi connectivity index (χ1) is 12.2. The summed E-state index contributed by atoms with van der Waals surface area (Å²) in [6.07, 6.45) is 6.63. The molecule has 4 heteroatoms. The van der Waals surface area contributed by atoms with Crippen LogP contribution in [0.4, 0.5) is 0 Å². The SMILES string of the molecule is CN/N=C(/CP(=O)(c1ccccc1)c1ccccc1)C1CCCCC1. The Labute approximate surface area is 150 Å². The molecular formula is C21H27N2OP. The summed E-state index contributed by atoms with van der Waals surface area (Å²) in [6.45, 7) is 0. The second kappa shape index (κ2) is 8.49. The highest BCUT2D eigenvalue weighted by Crippen LogP contribution is 2.44. The molecule has 0 atom stereocenters. The molecule has 0 saturated heterocycles. The van der Waals surface area contributed by atoms with Crippen LogP contribution < -0.4 is 16.0 Å². The molecule has 25 heavy (non-hydrogen) atoms. The van der Waals surface area contributed by atoms with Gasteiger partial charge in [-0.25, -0.2) is 0 Å². The molecule has 0 spiro atoms. The highest BCUT2D eigenvalue weighted by Gasteiger charge is 2.32. The van der Waals surface area contributed by atoms with Crippen LogP contribution in [0.2, 0.25) is 0 Å². The predicted molar refractivity (Wildman–Crippen MR) is 108 cm³/mol.